The minimum absolute atomic E-state index is 0.229. The van der Waals surface area contributed by atoms with E-state index in [0.29, 0.717) is 5.56 Å². The Bertz CT molecular complexity index is 1230. The van der Waals surface area contributed by atoms with Gasteiger partial charge in [-0.2, -0.15) is 9.61 Å². The summed E-state index contributed by atoms with van der Waals surface area (Å²) in [4.78, 5) is 13.1. The number of aryl methyl sites for hydroxylation is 1. The van der Waals surface area contributed by atoms with Crippen LogP contribution in [0.1, 0.15) is 21.7 Å². The Morgan fingerprint density at radius 3 is 2.62 bits per heavy atom. The van der Waals surface area contributed by atoms with E-state index in [9.17, 15) is 4.79 Å². The van der Waals surface area contributed by atoms with Crippen LogP contribution in [-0.4, -0.2) is 30.8 Å². The van der Waals surface area contributed by atoms with Crippen molar-refractivity contribution in [3.63, 3.8) is 0 Å². The van der Waals surface area contributed by atoms with E-state index in [4.69, 9.17) is 12.2 Å². The molecule has 0 spiro atoms. The molecule has 0 aliphatic carbocycles. The lowest BCUT2D eigenvalue weighted by atomic mass is 10.1. The number of thiocarbonyl (C=S) groups is 1. The molecule has 0 atom stereocenters. The maximum atomic E-state index is 12.4. The van der Waals surface area contributed by atoms with Crippen molar-refractivity contribution >= 4 is 61.2 Å². The van der Waals surface area contributed by atoms with Gasteiger partial charge in [0.2, 0.25) is 4.96 Å². The predicted molar refractivity (Wildman–Crippen MR) is 121 cm³/mol. The lowest BCUT2D eigenvalue weighted by molar-refractivity contribution is 0.0977. The number of amides is 1. The smallest absolute Gasteiger partial charge is 0.257 e. The van der Waals surface area contributed by atoms with Gasteiger partial charge in [0.05, 0.1) is 0 Å². The number of halogens is 1. The number of carbonyl (C=O) groups excluding carboxylic acids is 1. The van der Waals surface area contributed by atoms with Gasteiger partial charge in [0.1, 0.15) is 5.01 Å². The van der Waals surface area contributed by atoms with Crippen LogP contribution in [0.15, 0.2) is 46.9 Å². The first-order valence-corrected chi connectivity index (χ1v) is 10.6. The van der Waals surface area contributed by atoms with Gasteiger partial charge in [0.25, 0.3) is 5.91 Å². The van der Waals surface area contributed by atoms with E-state index in [1.165, 1.54) is 11.3 Å². The SMILES string of the molecule is Cc1c(NC(=S)NC(=O)c2ccc(Br)cc2)cccc1-c1nn2c(C)nnc2s1. The summed E-state index contributed by atoms with van der Waals surface area (Å²) in [5.41, 5.74) is 3.26. The van der Waals surface area contributed by atoms with E-state index >= 15 is 0 Å². The molecule has 2 N–H and O–H groups in total. The van der Waals surface area contributed by atoms with E-state index in [0.717, 1.165) is 37.1 Å². The van der Waals surface area contributed by atoms with E-state index in [1.807, 2.05) is 32.0 Å². The van der Waals surface area contributed by atoms with Crippen LogP contribution in [0.2, 0.25) is 0 Å². The number of hydrogen-bond acceptors (Lipinski definition) is 6. The molecule has 2 aromatic carbocycles. The van der Waals surface area contributed by atoms with Gasteiger partial charge in [-0.25, -0.2) is 0 Å². The quantitative estimate of drug-likeness (QED) is 0.418. The Kier molecular flexibility index (Phi) is 5.39. The first kappa shape index (κ1) is 19.6. The molecule has 10 heteroatoms. The van der Waals surface area contributed by atoms with Gasteiger partial charge in [0, 0.05) is 21.3 Å². The van der Waals surface area contributed by atoms with E-state index < -0.39 is 0 Å². The fourth-order valence-corrected chi connectivity index (χ4v) is 4.19. The number of carbonyl (C=O) groups is 1. The van der Waals surface area contributed by atoms with Crippen LogP contribution < -0.4 is 10.6 Å². The highest BCUT2D eigenvalue weighted by atomic mass is 79.9. The molecule has 7 nitrogen and oxygen atoms in total. The minimum atomic E-state index is -0.270. The summed E-state index contributed by atoms with van der Waals surface area (Å²) in [6.45, 7) is 3.84. The third-order valence-electron chi connectivity index (χ3n) is 4.29. The van der Waals surface area contributed by atoms with Crippen molar-refractivity contribution in [1.82, 2.24) is 25.1 Å². The normalized spacial score (nSPS) is 10.9. The molecule has 0 saturated carbocycles. The zero-order chi connectivity index (χ0) is 20.5. The van der Waals surface area contributed by atoms with Gasteiger partial charge >= 0.3 is 0 Å². The molecule has 146 valence electrons. The summed E-state index contributed by atoms with van der Waals surface area (Å²) in [5, 5.41) is 19.6. The molecule has 0 unspecified atom stereocenters. The van der Waals surface area contributed by atoms with Crippen molar-refractivity contribution in [3.8, 4) is 10.6 Å². The Morgan fingerprint density at radius 2 is 1.90 bits per heavy atom. The van der Waals surface area contributed by atoms with Crippen molar-refractivity contribution in [2.75, 3.05) is 5.32 Å². The molecule has 0 aliphatic rings. The van der Waals surface area contributed by atoms with Gasteiger partial charge in [-0.05, 0) is 62.0 Å². The van der Waals surface area contributed by atoms with Gasteiger partial charge in [0.15, 0.2) is 10.9 Å². The maximum Gasteiger partial charge on any atom is 0.257 e. The van der Waals surface area contributed by atoms with Crippen LogP contribution >= 0.6 is 39.5 Å². The second-order valence-corrected chi connectivity index (χ2v) is 8.52. The highest BCUT2D eigenvalue weighted by Gasteiger charge is 2.15. The predicted octanol–water partition coefficient (Wildman–Crippen LogP) is 4.36. The van der Waals surface area contributed by atoms with Gasteiger partial charge < -0.3 is 5.32 Å². The Morgan fingerprint density at radius 1 is 1.14 bits per heavy atom. The lowest BCUT2D eigenvalue weighted by Crippen LogP contribution is -2.34. The minimum Gasteiger partial charge on any atom is -0.332 e. The van der Waals surface area contributed by atoms with Crippen molar-refractivity contribution in [3.05, 3.63) is 63.9 Å². The monoisotopic (exact) mass is 486 g/mol. The van der Waals surface area contributed by atoms with Gasteiger partial charge in [-0.15, -0.1) is 10.2 Å². The summed E-state index contributed by atoms with van der Waals surface area (Å²) in [6.07, 6.45) is 0. The molecule has 0 fully saturated rings. The molecule has 0 bridgehead atoms. The van der Waals surface area contributed by atoms with E-state index in [-0.39, 0.29) is 11.0 Å². The third-order valence-corrected chi connectivity index (χ3v) is 5.96. The van der Waals surface area contributed by atoms with Crippen molar-refractivity contribution in [2.45, 2.75) is 13.8 Å². The number of fused-ring (bicyclic) bond motifs is 1. The number of aromatic nitrogens is 4. The summed E-state index contributed by atoms with van der Waals surface area (Å²) in [6, 6.07) is 12.9. The second kappa shape index (κ2) is 7.97. The number of benzene rings is 2. The van der Waals surface area contributed by atoms with Crippen LogP contribution in [0, 0.1) is 13.8 Å². The summed E-state index contributed by atoms with van der Waals surface area (Å²) in [5.74, 6) is 0.471. The van der Waals surface area contributed by atoms with Gasteiger partial charge in [-0.3, -0.25) is 10.1 Å². The number of nitrogens with zero attached hydrogens (tertiary/aromatic N) is 4. The van der Waals surface area contributed by atoms with Crippen molar-refractivity contribution < 1.29 is 4.79 Å². The number of hydrogen-bond donors (Lipinski definition) is 2. The number of nitrogens with one attached hydrogen (secondary N) is 2. The number of anilines is 1. The Labute approximate surface area is 184 Å². The standard InChI is InChI=1S/C19H15BrN6OS2/c1-10-14(17-25-26-11(2)23-24-19(26)29-17)4-3-5-15(10)21-18(28)22-16(27)12-6-8-13(20)9-7-12/h3-9H,1-2H3,(H2,21,22,27,28). The molecule has 0 radical (unpaired) electrons. The molecular weight excluding hydrogens is 472 g/mol. The van der Waals surface area contributed by atoms with Crippen molar-refractivity contribution in [1.29, 1.82) is 0 Å². The first-order chi connectivity index (χ1) is 13.9. The molecule has 2 heterocycles. The highest BCUT2D eigenvalue weighted by molar-refractivity contribution is 9.10. The molecule has 0 aliphatic heterocycles. The molecule has 4 aromatic rings. The third kappa shape index (κ3) is 4.04. The molecule has 29 heavy (non-hydrogen) atoms. The van der Waals surface area contributed by atoms with Crippen LogP contribution in [0.5, 0.6) is 0 Å². The van der Waals surface area contributed by atoms with Crippen LogP contribution in [0.25, 0.3) is 15.5 Å². The maximum absolute atomic E-state index is 12.4. The average molecular weight is 487 g/mol. The van der Waals surface area contributed by atoms with E-state index in [1.54, 1.807) is 28.8 Å². The fourth-order valence-electron chi connectivity index (χ4n) is 2.76. The topological polar surface area (TPSA) is 84.2 Å². The molecule has 4 rings (SSSR count). The molecule has 0 saturated heterocycles. The fraction of sp³-hybridized carbons (Fsp3) is 0.105. The molecule has 1 amide bonds. The largest absolute Gasteiger partial charge is 0.332 e. The first-order valence-electron chi connectivity index (χ1n) is 8.59. The summed E-state index contributed by atoms with van der Waals surface area (Å²) >= 11 is 10.1. The lowest BCUT2D eigenvalue weighted by Gasteiger charge is -2.13. The van der Waals surface area contributed by atoms with Crippen LogP contribution in [0.3, 0.4) is 0 Å². The summed E-state index contributed by atoms with van der Waals surface area (Å²) < 4.78 is 2.63. The number of rotatable bonds is 3. The Hall–Kier alpha value is -2.69. The zero-order valence-corrected chi connectivity index (χ0v) is 18.7. The van der Waals surface area contributed by atoms with Crippen LogP contribution in [0.4, 0.5) is 5.69 Å². The Balaban J connectivity index is 1.53. The zero-order valence-electron chi connectivity index (χ0n) is 15.4. The second-order valence-electron chi connectivity index (χ2n) is 6.24. The van der Waals surface area contributed by atoms with Gasteiger partial charge in [-0.1, -0.05) is 39.4 Å². The summed E-state index contributed by atoms with van der Waals surface area (Å²) in [7, 11) is 0. The average Bonchev–Trinajstić information content (AvgIpc) is 3.26. The van der Waals surface area contributed by atoms with Crippen LogP contribution in [-0.2, 0) is 0 Å². The molecular formula is C19H15BrN6OS2. The van der Waals surface area contributed by atoms with Crippen molar-refractivity contribution in [2.24, 2.45) is 0 Å². The molecule has 2 aromatic heterocycles. The van der Waals surface area contributed by atoms with E-state index in [2.05, 4.69) is 41.9 Å². The highest BCUT2D eigenvalue weighted by Crippen LogP contribution is 2.31.